The Hall–Kier alpha value is -3.48. The lowest BCUT2D eigenvalue weighted by atomic mass is 9.66. The SMILES string of the molecule is OC(c1ccccc1)(c1ccc(F)cc1F)C(O)(c1ccccc1)c1ccc(F)cc1F. The first-order valence-corrected chi connectivity index (χ1v) is 9.75. The van der Waals surface area contributed by atoms with Crippen molar-refractivity contribution in [1.29, 1.82) is 0 Å². The molecule has 0 radical (unpaired) electrons. The predicted octanol–water partition coefficient (Wildman–Crippen LogP) is 5.42. The highest BCUT2D eigenvalue weighted by atomic mass is 19.1. The molecule has 6 heteroatoms. The Morgan fingerprint density at radius 2 is 0.812 bits per heavy atom. The van der Waals surface area contributed by atoms with E-state index in [1.807, 2.05) is 0 Å². The fraction of sp³-hybridized carbons (Fsp3) is 0.0769. The average molecular weight is 438 g/mol. The summed E-state index contributed by atoms with van der Waals surface area (Å²) in [6, 6.07) is 20.2. The van der Waals surface area contributed by atoms with E-state index < -0.39 is 45.6 Å². The molecular formula is C26H18F4O2. The standard InChI is InChI=1S/C26H18F4O2/c27-19-11-13-21(23(29)15-19)25(31,17-7-3-1-4-8-17)26(32,18-9-5-2-6-10-18)22-14-12-20(28)16-24(22)30/h1-16,31-32H. The molecule has 2 unspecified atom stereocenters. The van der Waals surface area contributed by atoms with E-state index in [4.69, 9.17) is 0 Å². The van der Waals surface area contributed by atoms with Gasteiger partial charge in [-0.15, -0.1) is 0 Å². The van der Waals surface area contributed by atoms with Crippen molar-refractivity contribution in [3.63, 3.8) is 0 Å². The molecule has 4 aromatic rings. The van der Waals surface area contributed by atoms with Crippen LogP contribution in [0.15, 0.2) is 97.1 Å². The summed E-state index contributed by atoms with van der Waals surface area (Å²) < 4.78 is 57.6. The molecule has 2 atom stereocenters. The van der Waals surface area contributed by atoms with Crippen molar-refractivity contribution in [2.75, 3.05) is 0 Å². The summed E-state index contributed by atoms with van der Waals surface area (Å²) in [4.78, 5) is 0. The van der Waals surface area contributed by atoms with Crippen molar-refractivity contribution in [1.82, 2.24) is 0 Å². The number of hydrogen-bond donors (Lipinski definition) is 2. The van der Waals surface area contributed by atoms with E-state index in [1.165, 1.54) is 24.3 Å². The van der Waals surface area contributed by atoms with E-state index in [0.717, 1.165) is 24.3 Å². The van der Waals surface area contributed by atoms with Gasteiger partial charge < -0.3 is 10.2 Å². The van der Waals surface area contributed by atoms with Crippen molar-refractivity contribution in [3.8, 4) is 0 Å². The molecule has 0 saturated carbocycles. The van der Waals surface area contributed by atoms with Crippen LogP contribution in [0.25, 0.3) is 0 Å². The van der Waals surface area contributed by atoms with Crippen LogP contribution < -0.4 is 0 Å². The molecule has 4 aromatic carbocycles. The van der Waals surface area contributed by atoms with E-state index in [9.17, 15) is 19.0 Å². The van der Waals surface area contributed by atoms with Crippen LogP contribution in [0.5, 0.6) is 0 Å². The van der Waals surface area contributed by atoms with Gasteiger partial charge in [0.1, 0.15) is 23.3 Å². The van der Waals surface area contributed by atoms with E-state index in [0.29, 0.717) is 12.1 Å². The molecule has 0 aliphatic carbocycles. The van der Waals surface area contributed by atoms with Gasteiger partial charge in [0.05, 0.1) is 0 Å². The van der Waals surface area contributed by atoms with E-state index in [1.54, 1.807) is 36.4 Å². The van der Waals surface area contributed by atoms with Gasteiger partial charge in [-0.3, -0.25) is 0 Å². The summed E-state index contributed by atoms with van der Waals surface area (Å²) in [5.41, 5.74) is -6.21. The van der Waals surface area contributed by atoms with Gasteiger partial charge in [0.25, 0.3) is 0 Å². The quantitative estimate of drug-likeness (QED) is 0.409. The molecule has 0 aliphatic heterocycles. The number of aliphatic hydroxyl groups is 2. The molecule has 0 amide bonds. The largest absolute Gasteiger partial charge is 0.376 e. The first-order chi connectivity index (χ1) is 15.3. The number of hydrogen-bond acceptors (Lipinski definition) is 2. The fourth-order valence-electron chi connectivity index (χ4n) is 4.04. The Morgan fingerprint density at radius 1 is 0.469 bits per heavy atom. The summed E-state index contributed by atoms with van der Waals surface area (Å²) in [6.07, 6.45) is 0. The zero-order valence-electron chi connectivity index (χ0n) is 16.6. The van der Waals surface area contributed by atoms with Crippen molar-refractivity contribution >= 4 is 0 Å². The van der Waals surface area contributed by atoms with Gasteiger partial charge in [-0.05, 0) is 35.4 Å². The highest BCUT2D eigenvalue weighted by Gasteiger charge is 2.56. The van der Waals surface area contributed by atoms with Crippen molar-refractivity contribution < 1.29 is 27.8 Å². The smallest absolute Gasteiger partial charge is 0.154 e. The predicted molar refractivity (Wildman–Crippen MR) is 112 cm³/mol. The highest BCUT2D eigenvalue weighted by molar-refractivity contribution is 5.51. The molecule has 0 heterocycles. The van der Waals surface area contributed by atoms with Crippen molar-refractivity contribution in [2.45, 2.75) is 11.2 Å². The summed E-state index contributed by atoms with van der Waals surface area (Å²) in [5.74, 6) is -4.07. The molecule has 0 saturated heterocycles. The van der Waals surface area contributed by atoms with Crippen LogP contribution in [-0.4, -0.2) is 10.2 Å². The Labute approximate surface area is 182 Å². The third-order valence-electron chi connectivity index (χ3n) is 5.55. The zero-order chi connectivity index (χ0) is 22.9. The van der Waals surface area contributed by atoms with Gasteiger partial charge in [0.2, 0.25) is 0 Å². The first-order valence-electron chi connectivity index (χ1n) is 9.75. The molecule has 0 fully saturated rings. The molecule has 4 rings (SSSR count). The Morgan fingerprint density at radius 3 is 1.12 bits per heavy atom. The second-order valence-electron chi connectivity index (χ2n) is 7.40. The second-order valence-corrected chi connectivity index (χ2v) is 7.40. The molecule has 32 heavy (non-hydrogen) atoms. The molecule has 0 aliphatic rings. The van der Waals surface area contributed by atoms with Gasteiger partial charge in [-0.1, -0.05) is 60.7 Å². The summed E-state index contributed by atoms with van der Waals surface area (Å²) in [5, 5.41) is 24.3. The Kier molecular flexibility index (Phi) is 5.59. The molecule has 0 aromatic heterocycles. The highest BCUT2D eigenvalue weighted by Crippen LogP contribution is 2.50. The van der Waals surface area contributed by atoms with Crippen LogP contribution in [0, 0.1) is 23.3 Å². The van der Waals surface area contributed by atoms with Gasteiger partial charge in [0.15, 0.2) is 11.2 Å². The lowest BCUT2D eigenvalue weighted by Crippen LogP contribution is -2.52. The topological polar surface area (TPSA) is 40.5 Å². The number of benzene rings is 4. The molecule has 162 valence electrons. The maximum Gasteiger partial charge on any atom is 0.154 e. The molecular weight excluding hydrogens is 420 g/mol. The monoisotopic (exact) mass is 438 g/mol. The molecule has 2 N–H and O–H groups in total. The van der Waals surface area contributed by atoms with Crippen LogP contribution >= 0.6 is 0 Å². The summed E-state index contributed by atoms with van der Waals surface area (Å²) in [6.45, 7) is 0. The minimum Gasteiger partial charge on any atom is -0.376 e. The van der Waals surface area contributed by atoms with Crippen LogP contribution in [0.4, 0.5) is 17.6 Å². The van der Waals surface area contributed by atoms with Crippen molar-refractivity contribution in [3.05, 3.63) is 143 Å². The Bertz CT molecular complexity index is 1150. The van der Waals surface area contributed by atoms with Crippen LogP contribution in [0.3, 0.4) is 0 Å². The first kappa shape index (κ1) is 21.7. The second kappa shape index (κ2) is 8.22. The fourth-order valence-corrected chi connectivity index (χ4v) is 4.04. The van der Waals surface area contributed by atoms with E-state index >= 15 is 8.78 Å². The van der Waals surface area contributed by atoms with Gasteiger partial charge in [-0.25, -0.2) is 17.6 Å². The lowest BCUT2D eigenvalue weighted by Gasteiger charge is -2.45. The minimum absolute atomic E-state index is 0.0144. The third-order valence-corrected chi connectivity index (χ3v) is 5.55. The molecule has 0 spiro atoms. The van der Waals surface area contributed by atoms with Gasteiger partial charge in [-0.2, -0.15) is 0 Å². The van der Waals surface area contributed by atoms with Gasteiger partial charge >= 0.3 is 0 Å². The molecule has 2 nitrogen and oxygen atoms in total. The summed E-state index contributed by atoms with van der Waals surface area (Å²) >= 11 is 0. The van der Waals surface area contributed by atoms with Crippen molar-refractivity contribution in [2.24, 2.45) is 0 Å². The van der Waals surface area contributed by atoms with Gasteiger partial charge in [0, 0.05) is 23.3 Å². The number of rotatable bonds is 5. The average Bonchev–Trinajstić information content (AvgIpc) is 2.79. The lowest BCUT2D eigenvalue weighted by molar-refractivity contribution is -0.116. The van der Waals surface area contributed by atoms with Crippen LogP contribution in [-0.2, 0) is 11.2 Å². The van der Waals surface area contributed by atoms with E-state index in [-0.39, 0.29) is 11.1 Å². The maximum atomic E-state index is 15.1. The normalized spacial score (nSPS) is 15.1. The van der Waals surface area contributed by atoms with Crippen LogP contribution in [0.2, 0.25) is 0 Å². The number of halogens is 4. The Balaban J connectivity index is 2.16. The summed E-state index contributed by atoms with van der Waals surface area (Å²) in [7, 11) is 0. The minimum atomic E-state index is -2.63. The molecule has 0 bridgehead atoms. The van der Waals surface area contributed by atoms with Crippen LogP contribution in [0.1, 0.15) is 22.3 Å². The van der Waals surface area contributed by atoms with E-state index in [2.05, 4.69) is 0 Å². The third kappa shape index (κ3) is 3.38. The zero-order valence-corrected chi connectivity index (χ0v) is 16.6. The maximum absolute atomic E-state index is 15.1.